The van der Waals surface area contributed by atoms with E-state index in [2.05, 4.69) is 34.9 Å². The lowest BCUT2D eigenvalue weighted by Gasteiger charge is -2.23. The number of fused-ring (bicyclic) bond motifs is 1. The van der Waals surface area contributed by atoms with Crippen LogP contribution in [0.2, 0.25) is 0 Å². The van der Waals surface area contributed by atoms with Crippen molar-refractivity contribution < 1.29 is 4.79 Å². The molecule has 132 valence electrons. The number of hydrogen-bond donors (Lipinski definition) is 0. The van der Waals surface area contributed by atoms with Crippen molar-refractivity contribution in [2.75, 3.05) is 6.54 Å². The number of carbonyl (C=O) groups is 1. The first-order valence-corrected chi connectivity index (χ1v) is 9.18. The molecule has 4 heteroatoms. The predicted molar refractivity (Wildman–Crippen MR) is 105 cm³/mol. The minimum Gasteiger partial charge on any atom is -0.333 e. The van der Waals surface area contributed by atoms with E-state index < -0.39 is 0 Å². The Labute approximate surface area is 153 Å². The molecule has 0 aliphatic carbocycles. The predicted octanol–water partition coefficient (Wildman–Crippen LogP) is 4.43. The summed E-state index contributed by atoms with van der Waals surface area (Å²) in [5.41, 5.74) is 3.30. The van der Waals surface area contributed by atoms with E-state index in [1.807, 2.05) is 41.3 Å². The molecule has 0 radical (unpaired) electrons. The van der Waals surface area contributed by atoms with Crippen LogP contribution in [0.5, 0.6) is 0 Å². The molecule has 1 fully saturated rings. The second kappa shape index (κ2) is 7.16. The summed E-state index contributed by atoms with van der Waals surface area (Å²) in [4.78, 5) is 18.9. The van der Waals surface area contributed by atoms with Gasteiger partial charge in [-0.3, -0.25) is 4.79 Å². The zero-order chi connectivity index (χ0) is 17.9. The summed E-state index contributed by atoms with van der Waals surface area (Å²) >= 11 is 0. The van der Waals surface area contributed by atoms with Crippen LogP contribution >= 0.6 is 0 Å². The van der Waals surface area contributed by atoms with Gasteiger partial charge in [0, 0.05) is 20.0 Å². The van der Waals surface area contributed by atoms with Gasteiger partial charge in [-0.25, -0.2) is 4.98 Å². The minimum atomic E-state index is 0.0741. The molecular formula is C22H23N3O. The molecule has 1 amide bonds. The fourth-order valence-corrected chi connectivity index (χ4v) is 3.81. The van der Waals surface area contributed by atoms with Crippen molar-refractivity contribution in [3.05, 3.63) is 72.1 Å². The smallest absolute Gasteiger partial charge is 0.220 e. The quantitative estimate of drug-likeness (QED) is 0.701. The van der Waals surface area contributed by atoms with Gasteiger partial charge in [0.15, 0.2) is 0 Å². The lowest BCUT2D eigenvalue weighted by molar-refractivity contribution is -0.129. The summed E-state index contributed by atoms with van der Waals surface area (Å²) in [5, 5.41) is 0. The third-order valence-electron chi connectivity index (χ3n) is 5.04. The zero-order valence-electron chi connectivity index (χ0n) is 15.0. The van der Waals surface area contributed by atoms with Gasteiger partial charge in [-0.05, 0) is 30.5 Å². The first-order chi connectivity index (χ1) is 12.7. The maximum absolute atomic E-state index is 12.0. The Morgan fingerprint density at radius 1 is 1.15 bits per heavy atom. The van der Waals surface area contributed by atoms with Gasteiger partial charge in [0.05, 0.1) is 17.1 Å². The number of para-hydroxylation sites is 2. The molecule has 1 aromatic heterocycles. The molecule has 4 rings (SSSR count). The molecule has 4 nitrogen and oxygen atoms in total. The highest BCUT2D eigenvalue weighted by molar-refractivity contribution is 5.77. The summed E-state index contributed by atoms with van der Waals surface area (Å²) in [7, 11) is 0. The number of imidazole rings is 1. The monoisotopic (exact) mass is 345 g/mol. The Kier molecular flexibility index (Phi) is 4.57. The molecule has 2 heterocycles. The van der Waals surface area contributed by atoms with Crippen LogP contribution in [-0.2, 0) is 11.3 Å². The molecule has 0 spiro atoms. The first-order valence-electron chi connectivity index (χ1n) is 9.18. The normalized spacial score (nSPS) is 17.4. The highest BCUT2D eigenvalue weighted by Gasteiger charge is 2.31. The molecule has 3 aromatic rings. The Balaban J connectivity index is 1.70. The number of carbonyl (C=O) groups excluding carboxylic acids is 1. The van der Waals surface area contributed by atoms with E-state index in [0.29, 0.717) is 0 Å². The number of hydrogen-bond acceptors (Lipinski definition) is 2. The summed E-state index contributed by atoms with van der Waals surface area (Å²) in [6.45, 7) is 3.22. The second-order valence-electron chi connectivity index (χ2n) is 6.75. The average molecular weight is 345 g/mol. The molecule has 2 aromatic carbocycles. The van der Waals surface area contributed by atoms with Gasteiger partial charge < -0.3 is 9.47 Å². The van der Waals surface area contributed by atoms with Crippen molar-refractivity contribution >= 4 is 23.0 Å². The number of aromatic nitrogens is 2. The fourth-order valence-electron chi connectivity index (χ4n) is 3.81. The second-order valence-corrected chi connectivity index (χ2v) is 6.75. The van der Waals surface area contributed by atoms with Crippen molar-refractivity contribution in [3.63, 3.8) is 0 Å². The van der Waals surface area contributed by atoms with Crippen LogP contribution in [0, 0.1) is 0 Å². The minimum absolute atomic E-state index is 0.0741. The van der Waals surface area contributed by atoms with Crippen LogP contribution in [0.3, 0.4) is 0 Å². The number of likely N-dealkylation sites (tertiary alicyclic amines) is 1. The Hall–Kier alpha value is -2.88. The van der Waals surface area contributed by atoms with Crippen molar-refractivity contribution in [1.82, 2.24) is 14.5 Å². The molecule has 1 atom stereocenters. The number of amides is 1. The van der Waals surface area contributed by atoms with E-state index in [9.17, 15) is 4.79 Å². The van der Waals surface area contributed by atoms with Gasteiger partial charge in [-0.15, -0.1) is 0 Å². The Morgan fingerprint density at radius 3 is 2.73 bits per heavy atom. The van der Waals surface area contributed by atoms with E-state index in [1.165, 1.54) is 5.56 Å². The van der Waals surface area contributed by atoms with Crippen LogP contribution in [0.15, 0.2) is 60.7 Å². The highest BCUT2D eigenvalue weighted by atomic mass is 16.2. The van der Waals surface area contributed by atoms with E-state index in [0.717, 1.165) is 42.8 Å². The van der Waals surface area contributed by atoms with Crippen LogP contribution in [0.1, 0.15) is 37.2 Å². The number of benzene rings is 2. The van der Waals surface area contributed by atoms with E-state index in [4.69, 9.17) is 4.98 Å². The van der Waals surface area contributed by atoms with Crippen molar-refractivity contribution in [2.45, 2.75) is 32.4 Å². The van der Waals surface area contributed by atoms with E-state index in [1.54, 1.807) is 6.92 Å². The summed E-state index contributed by atoms with van der Waals surface area (Å²) in [5.74, 6) is 1.13. The number of rotatable bonds is 4. The summed E-state index contributed by atoms with van der Waals surface area (Å²) in [6.07, 6.45) is 6.31. The molecule has 0 saturated carbocycles. The van der Waals surface area contributed by atoms with Crippen molar-refractivity contribution in [3.8, 4) is 0 Å². The van der Waals surface area contributed by atoms with Gasteiger partial charge in [0.2, 0.25) is 5.91 Å². The largest absolute Gasteiger partial charge is 0.333 e. The molecule has 0 bridgehead atoms. The molecule has 1 saturated heterocycles. The third-order valence-corrected chi connectivity index (χ3v) is 5.04. The van der Waals surface area contributed by atoms with Crippen LogP contribution in [0.4, 0.5) is 0 Å². The van der Waals surface area contributed by atoms with Gasteiger partial charge in [0.1, 0.15) is 5.82 Å². The maximum atomic E-state index is 12.0. The lowest BCUT2D eigenvalue weighted by atomic mass is 10.2. The maximum Gasteiger partial charge on any atom is 0.220 e. The fraction of sp³-hybridized carbons (Fsp3) is 0.273. The van der Waals surface area contributed by atoms with Gasteiger partial charge in [-0.1, -0.05) is 54.6 Å². The topological polar surface area (TPSA) is 38.1 Å². The van der Waals surface area contributed by atoms with Crippen molar-refractivity contribution in [2.24, 2.45) is 0 Å². The molecule has 1 unspecified atom stereocenters. The molecule has 0 N–H and O–H groups in total. The third kappa shape index (κ3) is 3.15. The summed E-state index contributed by atoms with van der Waals surface area (Å²) in [6, 6.07) is 18.6. The lowest BCUT2D eigenvalue weighted by Crippen LogP contribution is -2.29. The molecular weight excluding hydrogens is 322 g/mol. The number of nitrogens with zero attached hydrogens (tertiary/aromatic N) is 3. The van der Waals surface area contributed by atoms with Gasteiger partial charge in [0.25, 0.3) is 0 Å². The van der Waals surface area contributed by atoms with Crippen LogP contribution in [-0.4, -0.2) is 26.9 Å². The summed E-state index contributed by atoms with van der Waals surface area (Å²) < 4.78 is 2.25. The van der Waals surface area contributed by atoms with Crippen LogP contribution < -0.4 is 0 Å². The van der Waals surface area contributed by atoms with E-state index in [-0.39, 0.29) is 11.9 Å². The standard InChI is InChI=1S/C22H23N3O/c1-17(26)24-15-8-14-21(24)22-23-19-12-5-6-13-20(19)25(22)16-7-11-18-9-3-2-4-10-18/h2-7,9-13,21H,8,14-16H2,1H3/b11-7+. The number of allylic oxidation sites excluding steroid dienone is 1. The van der Waals surface area contributed by atoms with Gasteiger partial charge in [-0.2, -0.15) is 0 Å². The van der Waals surface area contributed by atoms with Gasteiger partial charge >= 0.3 is 0 Å². The van der Waals surface area contributed by atoms with E-state index >= 15 is 0 Å². The SMILES string of the molecule is CC(=O)N1CCCC1c1nc2ccccc2n1C/C=C/c1ccccc1. The highest BCUT2D eigenvalue weighted by Crippen LogP contribution is 2.33. The first kappa shape index (κ1) is 16.6. The van der Waals surface area contributed by atoms with Crippen LogP contribution in [0.25, 0.3) is 17.1 Å². The molecule has 1 aliphatic rings. The van der Waals surface area contributed by atoms with Crippen molar-refractivity contribution in [1.29, 1.82) is 0 Å². The average Bonchev–Trinajstić information content (AvgIpc) is 3.27. The molecule has 1 aliphatic heterocycles. The Morgan fingerprint density at radius 2 is 1.92 bits per heavy atom. The Bertz CT molecular complexity index is 942. The zero-order valence-corrected chi connectivity index (χ0v) is 15.0. The molecule has 26 heavy (non-hydrogen) atoms.